The largest absolute Gasteiger partial charge is 0.399 e. The number of rotatable bonds is 2. The van der Waals surface area contributed by atoms with Crippen LogP contribution in [0.25, 0.3) is 10.8 Å². The van der Waals surface area contributed by atoms with Crippen molar-refractivity contribution in [1.29, 1.82) is 0 Å². The number of hydrogen-bond donors (Lipinski definition) is 1. The number of nitrogens with zero attached hydrogens (tertiary/aromatic N) is 1. The van der Waals surface area contributed by atoms with Gasteiger partial charge in [0.1, 0.15) is 0 Å². The summed E-state index contributed by atoms with van der Waals surface area (Å²) in [6, 6.07) is 12.9. The molecule has 1 fully saturated rings. The average molecular weight is 296 g/mol. The number of nitrogen functional groups attached to an aromatic ring is 1. The second-order valence-corrected chi connectivity index (χ2v) is 8.01. The molecule has 0 aliphatic carbocycles. The van der Waals surface area contributed by atoms with Crippen molar-refractivity contribution < 1.29 is 0 Å². The van der Waals surface area contributed by atoms with Gasteiger partial charge in [-0.1, -0.05) is 18.2 Å². The zero-order valence-electron chi connectivity index (χ0n) is 14.3. The topological polar surface area (TPSA) is 29.3 Å². The highest BCUT2D eigenvalue weighted by molar-refractivity contribution is 5.85. The molecule has 22 heavy (non-hydrogen) atoms. The van der Waals surface area contributed by atoms with Gasteiger partial charge in [-0.15, -0.1) is 0 Å². The van der Waals surface area contributed by atoms with Crippen molar-refractivity contribution in [2.75, 3.05) is 5.73 Å². The highest BCUT2D eigenvalue weighted by Gasteiger charge is 2.40. The molecule has 0 aromatic heterocycles. The zero-order chi connectivity index (χ0) is 16.0. The minimum Gasteiger partial charge on any atom is -0.399 e. The minimum absolute atomic E-state index is 0.262. The van der Waals surface area contributed by atoms with E-state index in [0.29, 0.717) is 0 Å². The Kier molecular flexibility index (Phi) is 3.68. The van der Waals surface area contributed by atoms with Crippen molar-refractivity contribution in [2.24, 2.45) is 0 Å². The monoisotopic (exact) mass is 296 g/mol. The van der Waals surface area contributed by atoms with Crippen LogP contribution in [0.3, 0.4) is 0 Å². The molecule has 2 N–H and O–H groups in total. The molecule has 1 saturated heterocycles. The van der Waals surface area contributed by atoms with Crippen LogP contribution in [0.2, 0.25) is 0 Å². The lowest BCUT2D eigenvalue weighted by atomic mass is 9.79. The van der Waals surface area contributed by atoms with Gasteiger partial charge in [-0.3, -0.25) is 4.90 Å². The van der Waals surface area contributed by atoms with Gasteiger partial charge in [0.25, 0.3) is 0 Å². The molecular weight excluding hydrogens is 268 g/mol. The predicted octanol–water partition coefficient (Wildman–Crippen LogP) is 4.97. The molecule has 0 amide bonds. The third-order valence-corrected chi connectivity index (χ3v) is 5.31. The van der Waals surface area contributed by atoms with Gasteiger partial charge in [0.2, 0.25) is 0 Å². The van der Waals surface area contributed by atoms with Crippen molar-refractivity contribution >= 4 is 16.5 Å². The molecule has 0 atom stereocenters. The molecule has 0 radical (unpaired) electrons. The van der Waals surface area contributed by atoms with Gasteiger partial charge < -0.3 is 5.73 Å². The lowest BCUT2D eigenvalue weighted by molar-refractivity contribution is -0.0340. The van der Waals surface area contributed by atoms with Crippen LogP contribution >= 0.6 is 0 Å². The minimum atomic E-state index is 0.262. The summed E-state index contributed by atoms with van der Waals surface area (Å²) in [5.41, 5.74) is 8.62. The lowest BCUT2D eigenvalue weighted by Gasteiger charge is -2.53. The van der Waals surface area contributed by atoms with Crippen molar-refractivity contribution in [1.82, 2.24) is 4.90 Å². The summed E-state index contributed by atoms with van der Waals surface area (Å²) in [4.78, 5) is 2.68. The number of piperidine rings is 1. The van der Waals surface area contributed by atoms with E-state index in [-0.39, 0.29) is 11.1 Å². The van der Waals surface area contributed by atoms with E-state index >= 15 is 0 Å². The smallest absolute Gasteiger partial charge is 0.0320 e. The van der Waals surface area contributed by atoms with Crippen LogP contribution in [-0.4, -0.2) is 16.0 Å². The average Bonchev–Trinajstić information content (AvgIpc) is 2.42. The SMILES string of the molecule is CC1(C)CCCC(C)(C)N1Cc1ccc2cc(N)ccc2c1. The van der Waals surface area contributed by atoms with Crippen molar-refractivity contribution in [3.63, 3.8) is 0 Å². The fraction of sp³-hybridized carbons (Fsp3) is 0.500. The van der Waals surface area contributed by atoms with Crippen LogP contribution in [0.5, 0.6) is 0 Å². The van der Waals surface area contributed by atoms with E-state index in [9.17, 15) is 0 Å². The Morgan fingerprint density at radius 3 is 2.18 bits per heavy atom. The zero-order valence-corrected chi connectivity index (χ0v) is 14.3. The van der Waals surface area contributed by atoms with Crippen LogP contribution in [0.4, 0.5) is 5.69 Å². The molecule has 3 rings (SSSR count). The van der Waals surface area contributed by atoms with Gasteiger partial charge >= 0.3 is 0 Å². The molecule has 2 aromatic rings. The normalized spacial score (nSPS) is 21.1. The highest BCUT2D eigenvalue weighted by Crippen LogP contribution is 2.39. The van der Waals surface area contributed by atoms with Crippen molar-refractivity contribution in [3.8, 4) is 0 Å². The number of hydrogen-bond acceptors (Lipinski definition) is 2. The standard InChI is InChI=1S/C20H28N2/c1-19(2)10-5-11-20(3,4)22(19)14-15-6-7-17-13-18(21)9-8-16(17)12-15/h6-9,12-13H,5,10-11,14,21H2,1-4H3. The van der Waals surface area contributed by atoms with Gasteiger partial charge in [0.15, 0.2) is 0 Å². The fourth-order valence-electron chi connectivity index (χ4n) is 4.07. The Bertz CT molecular complexity index is 669. The number of anilines is 1. The summed E-state index contributed by atoms with van der Waals surface area (Å²) >= 11 is 0. The van der Waals surface area contributed by atoms with E-state index in [2.05, 4.69) is 56.9 Å². The first kappa shape index (κ1) is 15.4. The van der Waals surface area contributed by atoms with Crippen molar-refractivity contribution in [2.45, 2.75) is 64.6 Å². The molecule has 1 heterocycles. The first-order chi connectivity index (χ1) is 10.3. The molecule has 1 aliphatic rings. The van der Waals surface area contributed by atoms with Crippen LogP contribution in [0.15, 0.2) is 36.4 Å². The van der Waals surface area contributed by atoms with E-state index in [1.54, 1.807) is 0 Å². The Hall–Kier alpha value is -1.54. The third kappa shape index (κ3) is 2.85. The number of benzene rings is 2. The first-order valence-corrected chi connectivity index (χ1v) is 8.34. The maximum atomic E-state index is 5.87. The van der Waals surface area contributed by atoms with E-state index in [4.69, 9.17) is 5.73 Å². The van der Waals surface area contributed by atoms with Gasteiger partial charge in [-0.2, -0.15) is 0 Å². The summed E-state index contributed by atoms with van der Waals surface area (Å²) in [6.45, 7) is 10.6. The van der Waals surface area contributed by atoms with Gasteiger partial charge in [0, 0.05) is 23.3 Å². The highest BCUT2D eigenvalue weighted by atomic mass is 15.3. The maximum Gasteiger partial charge on any atom is 0.0320 e. The van der Waals surface area contributed by atoms with E-state index in [1.807, 2.05) is 12.1 Å². The van der Waals surface area contributed by atoms with Crippen LogP contribution < -0.4 is 5.73 Å². The molecule has 2 aromatic carbocycles. The predicted molar refractivity (Wildman–Crippen MR) is 95.9 cm³/mol. The Morgan fingerprint density at radius 1 is 0.909 bits per heavy atom. The van der Waals surface area contributed by atoms with E-state index in [0.717, 1.165) is 12.2 Å². The summed E-state index contributed by atoms with van der Waals surface area (Å²) in [7, 11) is 0. The Labute approximate surface area is 134 Å². The molecule has 2 heteroatoms. The second kappa shape index (κ2) is 5.27. The second-order valence-electron chi connectivity index (χ2n) is 8.01. The van der Waals surface area contributed by atoms with E-state index in [1.165, 1.54) is 35.6 Å². The van der Waals surface area contributed by atoms with Gasteiger partial charge in [-0.05, 0) is 81.5 Å². The summed E-state index contributed by atoms with van der Waals surface area (Å²) in [5, 5.41) is 2.50. The Morgan fingerprint density at radius 2 is 1.50 bits per heavy atom. The third-order valence-electron chi connectivity index (χ3n) is 5.31. The van der Waals surface area contributed by atoms with Crippen LogP contribution in [-0.2, 0) is 6.54 Å². The van der Waals surface area contributed by atoms with Crippen LogP contribution in [0, 0.1) is 0 Å². The van der Waals surface area contributed by atoms with Gasteiger partial charge in [-0.25, -0.2) is 0 Å². The Balaban J connectivity index is 1.92. The quantitative estimate of drug-likeness (QED) is 0.793. The maximum absolute atomic E-state index is 5.87. The number of likely N-dealkylation sites (tertiary alicyclic amines) is 1. The molecule has 0 bridgehead atoms. The summed E-state index contributed by atoms with van der Waals surface area (Å²) < 4.78 is 0. The molecule has 1 aliphatic heterocycles. The van der Waals surface area contributed by atoms with Crippen LogP contribution in [0.1, 0.15) is 52.5 Å². The molecule has 2 nitrogen and oxygen atoms in total. The lowest BCUT2D eigenvalue weighted by Crippen LogP contribution is -2.57. The molecule has 0 spiro atoms. The summed E-state index contributed by atoms with van der Waals surface area (Å²) in [5.74, 6) is 0. The summed E-state index contributed by atoms with van der Waals surface area (Å²) in [6.07, 6.45) is 3.88. The van der Waals surface area contributed by atoms with Crippen molar-refractivity contribution in [3.05, 3.63) is 42.0 Å². The molecule has 118 valence electrons. The van der Waals surface area contributed by atoms with Gasteiger partial charge in [0.05, 0.1) is 0 Å². The molecule has 0 unspecified atom stereocenters. The number of nitrogens with two attached hydrogens (primary N) is 1. The molecular formula is C20H28N2. The molecule has 0 saturated carbocycles. The number of fused-ring (bicyclic) bond motifs is 1. The fourth-order valence-corrected chi connectivity index (χ4v) is 4.07. The first-order valence-electron chi connectivity index (χ1n) is 8.34. The van der Waals surface area contributed by atoms with E-state index < -0.39 is 0 Å².